The molecule has 0 bridgehead atoms. The number of benzene rings is 1. The van der Waals surface area contributed by atoms with Crippen molar-refractivity contribution in [1.29, 1.82) is 0 Å². The second-order valence-corrected chi connectivity index (χ2v) is 3.73. The molecule has 1 aromatic carbocycles. The molecule has 1 nitrogen and oxygen atoms in total. The van der Waals surface area contributed by atoms with E-state index in [0.717, 1.165) is 15.8 Å². The molecule has 3 heteroatoms. The standard InChI is InChI=1S/C9H6BrClO/c10-7-4-3-6-2-1-5-12-9(6)8(7)11/h1-4H,5H2. The van der Waals surface area contributed by atoms with Gasteiger partial charge in [-0.05, 0) is 28.1 Å². The Kier molecular flexibility index (Phi) is 2.11. The van der Waals surface area contributed by atoms with E-state index in [0.29, 0.717) is 11.6 Å². The molecule has 0 aliphatic carbocycles. The molecule has 0 aromatic heterocycles. The highest BCUT2D eigenvalue weighted by molar-refractivity contribution is 9.10. The topological polar surface area (TPSA) is 9.23 Å². The Bertz CT molecular complexity index is 347. The maximum Gasteiger partial charge on any atom is 0.146 e. The lowest BCUT2D eigenvalue weighted by Gasteiger charge is -2.14. The second kappa shape index (κ2) is 3.11. The van der Waals surface area contributed by atoms with E-state index in [2.05, 4.69) is 15.9 Å². The molecule has 12 heavy (non-hydrogen) atoms. The van der Waals surface area contributed by atoms with Gasteiger partial charge in [-0.15, -0.1) is 0 Å². The van der Waals surface area contributed by atoms with E-state index in [4.69, 9.17) is 16.3 Å². The number of fused-ring (bicyclic) bond motifs is 1. The molecule has 0 N–H and O–H groups in total. The first-order valence-electron chi connectivity index (χ1n) is 3.56. The van der Waals surface area contributed by atoms with Crippen LogP contribution in [0.3, 0.4) is 0 Å². The summed E-state index contributed by atoms with van der Waals surface area (Å²) in [5.41, 5.74) is 1.04. The molecular weight excluding hydrogens is 239 g/mol. The number of halogens is 2. The summed E-state index contributed by atoms with van der Waals surface area (Å²) in [6.45, 7) is 0.600. The van der Waals surface area contributed by atoms with Crippen LogP contribution in [-0.2, 0) is 0 Å². The highest BCUT2D eigenvalue weighted by Crippen LogP contribution is 2.37. The van der Waals surface area contributed by atoms with Gasteiger partial charge in [0.25, 0.3) is 0 Å². The highest BCUT2D eigenvalue weighted by atomic mass is 79.9. The van der Waals surface area contributed by atoms with Crippen LogP contribution >= 0.6 is 27.5 Å². The van der Waals surface area contributed by atoms with Crippen LogP contribution in [0.15, 0.2) is 22.7 Å². The zero-order valence-electron chi connectivity index (χ0n) is 6.18. The van der Waals surface area contributed by atoms with E-state index < -0.39 is 0 Å². The quantitative estimate of drug-likeness (QED) is 0.680. The van der Waals surface area contributed by atoms with Crippen LogP contribution in [0, 0.1) is 0 Å². The Hall–Kier alpha value is -0.470. The van der Waals surface area contributed by atoms with E-state index >= 15 is 0 Å². The van der Waals surface area contributed by atoms with Crippen molar-refractivity contribution in [2.24, 2.45) is 0 Å². The molecule has 1 aromatic rings. The van der Waals surface area contributed by atoms with Gasteiger partial charge in [-0.2, -0.15) is 0 Å². The molecule has 62 valence electrons. The smallest absolute Gasteiger partial charge is 0.146 e. The van der Waals surface area contributed by atoms with Gasteiger partial charge in [0.05, 0.1) is 5.02 Å². The monoisotopic (exact) mass is 244 g/mol. The predicted molar refractivity (Wildman–Crippen MR) is 53.7 cm³/mol. The van der Waals surface area contributed by atoms with Gasteiger partial charge in [-0.1, -0.05) is 23.7 Å². The van der Waals surface area contributed by atoms with Crippen LogP contribution in [0.2, 0.25) is 5.02 Å². The van der Waals surface area contributed by atoms with Gasteiger partial charge in [0.1, 0.15) is 12.4 Å². The van der Waals surface area contributed by atoms with Crippen molar-refractivity contribution in [1.82, 2.24) is 0 Å². The van der Waals surface area contributed by atoms with E-state index in [-0.39, 0.29) is 0 Å². The summed E-state index contributed by atoms with van der Waals surface area (Å²) >= 11 is 9.34. The molecule has 0 fully saturated rings. The van der Waals surface area contributed by atoms with E-state index in [9.17, 15) is 0 Å². The maximum atomic E-state index is 6.01. The van der Waals surface area contributed by atoms with Crippen LogP contribution in [0.5, 0.6) is 5.75 Å². The maximum absolute atomic E-state index is 6.01. The molecule has 1 heterocycles. The second-order valence-electron chi connectivity index (χ2n) is 2.49. The minimum absolute atomic E-state index is 0.600. The summed E-state index contributed by atoms with van der Waals surface area (Å²) in [5.74, 6) is 0.772. The number of hydrogen-bond acceptors (Lipinski definition) is 1. The molecule has 0 atom stereocenters. The summed E-state index contributed by atoms with van der Waals surface area (Å²) in [6.07, 6.45) is 3.98. The average Bonchev–Trinajstić information content (AvgIpc) is 2.12. The molecule has 0 radical (unpaired) electrons. The molecule has 1 aliphatic heterocycles. The Morgan fingerprint density at radius 2 is 2.25 bits per heavy atom. The Balaban J connectivity index is 2.63. The van der Waals surface area contributed by atoms with Crippen LogP contribution in [-0.4, -0.2) is 6.61 Å². The minimum atomic E-state index is 0.600. The van der Waals surface area contributed by atoms with E-state index in [1.807, 2.05) is 24.3 Å². The summed E-state index contributed by atoms with van der Waals surface area (Å²) < 4.78 is 6.26. The van der Waals surface area contributed by atoms with Crippen LogP contribution in [0.1, 0.15) is 5.56 Å². The molecule has 2 rings (SSSR count). The molecule has 0 saturated carbocycles. The van der Waals surface area contributed by atoms with Crippen molar-refractivity contribution in [2.75, 3.05) is 6.61 Å². The fraction of sp³-hybridized carbons (Fsp3) is 0.111. The highest BCUT2D eigenvalue weighted by Gasteiger charge is 2.11. The molecular formula is C9H6BrClO. The van der Waals surface area contributed by atoms with Gasteiger partial charge in [-0.25, -0.2) is 0 Å². The van der Waals surface area contributed by atoms with Crippen molar-refractivity contribution in [2.45, 2.75) is 0 Å². The summed E-state index contributed by atoms with van der Waals surface area (Å²) in [5, 5.41) is 0.650. The van der Waals surface area contributed by atoms with Gasteiger partial charge in [0, 0.05) is 10.0 Å². The summed E-state index contributed by atoms with van der Waals surface area (Å²) in [7, 11) is 0. The lowest BCUT2D eigenvalue weighted by molar-refractivity contribution is 0.358. The molecule has 0 amide bonds. The van der Waals surface area contributed by atoms with Crippen molar-refractivity contribution < 1.29 is 4.74 Å². The van der Waals surface area contributed by atoms with Crippen LogP contribution < -0.4 is 4.74 Å². The number of ether oxygens (including phenoxy) is 1. The Morgan fingerprint density at radius 1 is 1.42 bits per heavy atom. The normalized spacial score (nSPS) is 13.8. The van der Waals surface area contributed by atoms with Gasteiger partial charge in [0.2, 0.25) is 0 Å². The third-order valence-corrected chi connectivity index (χ3v) is 2.97. The van der Waals surface area contributed by atoms with Crippen LogP contribution in [0.25, 0.3) is 6.08 Å². The third kappa shape index (κ3) is 1.25. The zero-order chi connectivity index (χ0) is 8.55. The van der Waals surface area contributed by atoms with Gasteiger partial charge >= 0.3 is 0 Å². The van der Waals surface area contributed by atoms with Crippen LogP contribution in [0.4, 0.5) is 0 Å². The first kappa shape index (κ1) is 8.14. The largest absolute Gasteiger partial charge is 0.487 e. The first-order chi connectivity index (χ1) is 5.79. The van der Waals surface area contributed by atoms with Crippen molar-refractivity contribution in [3.63, 3.8) is 0 Å². The lowest BCUT2D eigenvalue weighted by atomic mass is 10.1. The van der Waals surface area contributed by atoms with E-state index in [1.165, 1.54) is 0 Å². The summed E-state index contributed by atoms with van der Waals surface area (Å²) in [4.78, 5) is 0. The fourth-order valence-electron chi connectivity index (χ4n) is 1.13. The summed E-state index contributed by atoms with van der Waals surface area (Å²) in [6, 6.07) is 3.89. The van der Waals surface area contributed by atoms with Gasteiger partial charge in [0.15, 0.2) is 0 Å². The number of hydrogen-bond donors (Lipinski definition) is 0. The zero-order valence-corrected chi connectivity index (χ0v) is 8.52. The van der Waals surface area contributed by atoms with Gasteiger partial charge < -0.3 is 4.74 Å². The lowest BCUT2D eigenvalue weighted by Crippen LogP contribution is -2.00. The van der Waals surface area contributed by atoms with E-state index in [1.54, 1.807) is 0 Å². The third-order valence-electron chi connectivity index (χ3n) is 1.70. The molecule has 0 unspecified atom stereocenters. The fourth-order valence-corrected chi connectivity index (χ4v) is 1.67. The average molecular weight is 246 g/mol. The molecule has 1 aliphatic rings. The SMILES string of the molecule is Clc1c(Br)ccc2c1OCC=C2. The van der Waals surface area contributed by atoms with Crippen molar-refractivity contribution >= 4 is 33.6 Å². The Labute approximate surface area is 84.1 Å². The molecule has 0 saturated heterocycles. The Morgan fingerprint density at radius 3 is 3.08 bits per heavy atom. The minimum Gasteiger partial charge on any atom is -0.487 e. The first-order valence-corrected chi connectivity index (χ1v) is 4.73. The van der Waals surface area contributed by atoms with Crippen molar-refractivity contribution in [3.05, 3.63) is 33.3 Å². The predicted octanol–water partition coefficient (Wildman–Crippen LogP) is 3.51. The molecule has 0 spiro atoms. The van der Waals surface area contributed by atoms with Crippen molar-refractivity contribution in [3.8, 4) is 5.75 Å². The van der Waals surface area contributed by atoms with Gasteiger partial charge in [-0.3, -0.25) is 0 Å². The number of rotatable bonds is 0.